The fourth-order valence-corrected chi connectivity index (χ4v) is 4.28. The van der Waals surface area contributed by atoms with Crippen LogP contribution in [0.2, 0.25) is 0 Å². The molecule has 0 heterocycles. The highest BCUT2D eigenvalue weighted by Gasteiger charge is 2.41. The molecule has 160 valence electrons. The van der Waals surface area contributed by atoms with Gasteiger partial charge in [-0.2, -0.15) is 0 Å². The lowest BCUT2D eigenvalue weighted by molar-refractivity contribution is 0.367. The molecular formula is C16H8F10O2S. The average Bonchev–Trinajstić information content (AvgIpc) is 2.67. The molecule has 2 aromatic carbocycles. The summed E-state index contributed by atoms with van der Waals surface area (Å²) in [6, 6.07) is 0. The van der Waals surface area contributed by atoms with Crippen LogP contribution in [0.25, 0.3) is 0 Å². The summed E-state index contributed by atoms with van der Waals surface area (Å²) in [6.07, 6.45) is 0. The van der Waals surface area contributed by atoms with Gasteiger partial charge in [0.05, 0.1) is 10.5 Å². The molecule has 0 spiro atoms. The Morgan fingerprint density at radius 3 is 0.828 bits per heavy atom. The van der Waals surface area contributed by atoms with E-state index in [0.29, 0.717) is 13.8 Å². The fraction of sp³-hybridized carbons (Fsp3) is 0.250. The third kappa shape index (κ3) is 3.34. The first-order valence-electron chi connectivity index (χ1n) is 7.43. The molecule has 2 nitrogen and oxygen atoms in total. The van der Waals surface area contributed by atoms with Crippen LogP contribution in [0.1, 0.15) is 35.5 Å². The van der Waals surface area contributed by atoms with Crippen LogP contribution >= 0.6 is 0 Å². The standard InChI is InChI=1S/C16H8F10O2S/c1-3(5-7(17)11(21)15(25)12(22)8(5)18)29(27,28)4(2)6-9(19)13(23)16(26)14(24)10(6)20/h3-4H,1-2H3. The van der Waals surface area contributed by atoms with Crippen molar-refractivity contribution in [3.05, 3.63) is 69.3 Å². The van der Waals surface area contributed by atoms with Crippen LogP contribution in [0.3, 0.4) is 0 Å². The van der Waals surface area contributed by atoms with Crippen LogP contribution in [0.4, 0.5) is 43.9 Å². The van der Waals surface area contributed by atoms with E-state index >= 15 is 0 Å². The largest absolute Gasteiger partial charge is 0.228 e. The van der Waals surface area contributed by atoms with Crippen molar-refractivity contribution in [1.29, 1.82) is 0 Å². The smallest absolute Gasteiger partial charge is 0.200 e. The van der Waals surface area contributed by atoms with Crippen molar-refractivity contribution in [2.45, 2.75) is 24.3 Å². The highest BCUT2D eigenvalue weighted by Crippen LogP contribution is 2.40. The predicted molar refractivity (Wildman–Crippen MR) is 78.2 cm³/mol. The summed E-state index contributed by atoms with van der Waals surface area (Å²) in [5, 5.41) is -5.23. The van der Waals surface area contributed by atoms with E-state index in [0.717, 1.165) is 0 Å². The van der Waals surface area contributed by atoms with Gasteiger partial charge in [-0.05, 0) is 13.8 Å². The Bertz CT molecular complexity index is 974. The maximum atomic E-state index is 13.9. The average molecular weight is 454 g/mol. The second-order valence-electron chi connectivity index (χ2n) is 5.84. The molecule has 0 radical (unpaired) electrons. The quantitative estimate of drug-likeness (QED) is 0.356. The highest BCUT2D eigenvalue weighted by atomic mass is 32.2. The van der Waals surface area contributed by atoms with E-state index in [2.05, 4.69) is 0 Å². The van der Waals surface area contributed by atoms with Crippen LogP contribution in [-0.2, 0) is 9.84 Å². The van der Waals surface area contributed by atoms with Gasteiger partial charge in [-0.3, -0.25) is 0 Å². The molecule has 2 rings (SSSR count). The van der Waals surface area contributed by atoms with Crippen molar-refractivity contribution in [3.63, 3.8) is 0 Å². The first-order valence-corrected chi connectivity index (χ1v) is 9.04. The molecule has 0 aliphatic rings. The number of sulfone groups is 1. The minimum absolute atomic E-state index is 0.427. The molecule has 0 saturated heterocycles. The number of rotatable bonds is 4. The molecule has 0 aliphatic heterocycles. The lowest BCUT2D eigenvalue weighted by Gasteiger charge is -2.22. The zero-order valence-electron chi connectivity index (χ0n) is 14.2. The van der Waals surface area contributed by atoms with Crippen LogP contribution in [0, 0.1) is 58.2 Å². The van der Waals surface area contributed by atoms with E-state index < -0.39 is 89.6 Å². The van der Waals surface area contributed by atoms with Gasteiger partial charge in [0, 0.05) is 11.1 Å². The van der Waals surface area contributed by atoms with Crippen molar-refractivity contribution in [3.8, 4) is 0 Å². The maximum Gasteiger partial charge on any atom is 0.200 e. The Morgan fingerprint density at radius 2 is 0.621 bits per heavy atom. The Hall–Kier alpha value is -2.31. The molecule has 0 fully saturated rings. The minimum Gasteiger partial charge on any atom is -0.228 e. The maximum absolute atomic E-state index is 13.9. The van der Waals surface area contributed by atoms with E-state index in [1.807, 2.05) is 0 Å². The molecule has 13 heteroatoms. The molecule has 0 amide bonds. The topological polar surface area (TPSA) is 34.1 Å². The summed E-state index contributed by atoms with van der Waals surface area (Å²) in [4.78, 5) is 0. The molecule has 2 aromatic rings. The van der Waals surface area contributed by atoms with Crippen molar-refractivity contribution in [1.82, 2.24) is 0 Å². The van der Waals surface area contributed by atoms with Crippen LogP contribution in [0.5, 0.6) is 0 Å². The summed E-state index contributed by atoms with van der Waals surface area (Å²) in [6.45, 7) is 0.853. The summed E-state index contributed by atoms with van der Waals surface area (Å²) in [5.74, 6) is -25.2. The first kappa shape index (κ1) is 23.0. The third-order valence-corrected chi connectivity index (χ3v) is 6.73. The molecule has 0 N–H and O–H groups in total. The second kappa shape index (κ2) is 7.50. The van der Waals surface area contributed by atoms with E-state index in [-0.39, 0.29) is 0 Å². The summed E-state index contributed by atoms with van der Waals surface area (Å²) in [7, 11) is -5.30. The van der Waals surface area contributed by atoms with Crippen LogP contribution in [-0.4, -0.2) is 8.42 Å². The molecule has 0 saturated carbocycles. The Morgan fingerprint density at radius 1 is 0.448 bits per heavy atom. The minimum atomic E-state index is -5.30. The van der Waals surface area contributed by atoms with Crippen LogP contribution < -0.4 is 0 Å². The Labute approximate surface area is 156 Å². The van der Waals surface area contributed by atoms with Crippen molar-refractivity contribution < 1.29 is 52.3 Å². The molecule has 0 bridgehead atoms. The fourth-order valence-electron chi connectivity index (χ4n) is 2.59. The number of halogens is 10. The number of benzene rings is 2. The lowest BCUT2D eigenvalue weighted by atomic mass is 10.1. The lowest BCUT2D eigenvalue weighted by Crippen LogP contribution is -2.23. The van der Waals surface area contributed by atoms with Crippen molar-refractivity contribution >= 4 is 9.84 Å². The number of hydrogen-bond donors (Lipinski definition) is 0. The summed E-state index contributed by atoms with van der Waals surface area (Å²) in [5.41, 5.74) is -3.70. The van der Waals surface area contributed by atoms with E-state index in [4.69, 9.17) is 0 Å². The van der Waals surface area contributed by atoms with Crippen LogP contribution in [0.15, 0.2) is 0 Å². The van der Waals surface area contributed by atoms with Crippen molar-refractivity contribution in [2.75, 3.05) is 0 Å². The zero-order valence-corrected chi connectivity index (χ0v) is 15.0. The van der Waals surface area contributed by atoms with Gasteiger partial charge in [-0.25, -0.2) is 52.3 Å². The molecule has 2 atom stereocenters. The SMILES string of the molecule is CC(c1c(F)c(F)c(F)c(F)c1F)S(=O)(=O)C(C)c1c(F)c(F)c(F)c(F)c1F. The molecule has 2 unspecified atom stereocenters. The summed E-state index contributed by atoms with van der Waals surface area (Å²) < 4.78 is 160. The monoisotopic (exact) mass is 454 g/mol. The first-order chi connectivity index (χ1) is 13.2. The van der Waals surface area contributed by atoms with Crippen molar-refractivity contribution in [2.24, 2.45) is 0 Å². The second-order valence-corrected chi connectivity index (χ2v) is 8.43. The van der Waals surface area contributed by atoms with E-state index in [1.54, 1.807) is 0 Å². The summed E-state index contributed by atoms with van der Waals surface area (Å²) >= 11 is 0. The van der Waals surface area contributed by atoms with Gasteiger partial charge in [0.25, 0.3) is 0 Å². The van der Waals surface area contributed by atoms with E-state index in [9.17, 15) is 52.3 Å². The molecular weight excluding hydrogens is 446 g/mol. The Balaban J connectivity index is 2.73. The third-order valence-electron chi connectivity index (χ3n) is 4.29. The highest BCUT2D eigenvalue weighted by molar-refractivity contribution is 7.91. The number of hydrogen-bond acceptors (Lipinski definition) is 2. The van der Waals surface area contributed by atoms with Gasteiger partial charge in [0.2, 0.25) is 11.6 Å². The Kier molecular flexibility index (Phi) is 5.94. The normalized spacial score (nSPS) is 14.2. The van der Waals surface area contributed by atoms with Gasteiger partial charge in [0.1, 0.15) is 0 Å². The zero-order chi connectivity index (χ0) is 22.6. The predicted octanol–water partition coefficient (Wildman–Crippen LogP) is 5.31. The van der Waals surface area contributed by atoms with Gasteiger partial charge < -0.3 is 0 Å². The van der Waals surface area contributed by atoms with Gasteiger partial charge in [-0.15, -0.1) is 0 Å². The molecule has 29 heavy (non-hydrogen) atoms. The molecule has 0 aromatic heterocycles. The van der Waals surface area contributed by atoms with Gasteiger partial charge in [0.15, 0.2) is 56.4 Å². The van der Waals surface area contributed by atoms with E-state index in [1.165, 1.54) is 0 Å². The van der Waals surface area contributed by atoms with Gasteiger partial charge >= 0.3 is 0 Å². The molecule has 0 aliphatic carbocycles. The van der Waals surface area contributed by atoms with Gasteiger partial charge in [-0.1, -0.05) is 0 Å².